The molecule has 0 radical (unpaired) electrons. The molecule has 2 aromatic rings. The molecule has 0 bridgehead atoms. The molecule has 2 N–H and O–H groups in total. The monoisotopic (exact) mass is 268 g/mol. The van der Waals surface area contributed by atoms with Crippen LogP contribution in [0, 0.1) is 0 Å². The Morgan fingerprint density at radius 1 is 1.28 bits per heavy atom. The van der Waals surface area contributed by atoms with Crippen LogP contribution in [0.5, 0.6) is 0 Å². The van der Waals surface area contributed by atoms with Crippen LogP contribution in [0.3, 0.4) is 0 Å². The van der Waals surface area contributed by atoms with Crippen LogP contribution in [0.4, 0.5) is 10.6 Å². The highest BCUT2D eigenvalue weighted by atomic mass is 32.2. The van der Waals surface area contributed by atoms with E-state index >= 15 is 0 Å². The Bertz CT molecular complexity index is 624. The molecule has 9 heteroatoms. The summed E-state index contributed by atoms with van der Waals surface area (Å²) in [7, 11) is -4.13. The minimum absolute atomic E-state index is 0.0586. The maximum absolute atomic E-state index is 11.6. The van der Waals surface area contributed by atoms with Gasteiger partial charge in [-0.15, -0.1) is 5.10 Å². The lowest BCUT2D eigenvalue weighted by Gasteiger charge is -2.04. The van der Waals surface area contributed by atoms with Gasteiger partial charge in [0.2, 0.25) is 0 Å². The predicted molar refractivity (Wildman–Crippen MR) is 60.1 cm³/mol. The Kier molecular flexibility index (Phi) is 3.24. The van der Waals surface area contributed by atoms with Gasteiger partial charge >= 0.3 is 16.2 Å². The van der Waals surface area contributed by atoms with Gasteiger partial charge in [-0.25, -0.2) is 4.79 Å². The zero-order valence-electron chi connectivity index (χ0n) is 8.90. The molecule has 0 unspecified atom stereocenters. The summed E-state index contributed by atoms with van der Waals surface area (Å²) in [6.45, 7) is 0. The number of aromatic nitrogens is 3. The van der Waals surface area contributed by atoms with E-state index in [1.165, 1.54) is 30.5 Å². The normalized spacial score (nSPS) is 10.9. The van der Waals surface area contributed by atoms with Crippen LogP contribution < -0.4 is 5.32 Å². The largest absolute Gasteiger partial charge is 0.428 e. The number of anilines is 1. The Morgan fingerprint density at radius 3 is 2.61 bits per heavy atom. The van der Waals surface area contributed by atoms with E-state index in [0.29, 0.717) is 0 Å². The van der Waals surface area contributed by atoms with E-state index in [0.717, 1.165) is 0 Å². The Balaban J connectivity index is 2.07. The number of hydrogen-bond donors (Lipinski definition) is 2. The van der Waals surface area contributed by atoms with Gasteiger partial charge in [0.1, 0.15) is 4.90 Å². The fourth-order valence-electron chi connectivity index (χ4n) is 1.12. The molecular formula is C9H8N4O4S. The first-order valence-electron chi connectivity index (χ1n) is 4.75. The lowest BCUT2D eigenvalue weighted by atomic mass is 10.4. The van der Waals surface area contributed by atoms with Gasteiger partial charge in [-0.1, -0.05) is 23.4 Å². The molecule has 8 nitrogen and oxygen atoms in total. The number of hydrogen-bond acceptors (Lipinski definition) is 6. The maximum atomic E-state index is 11.6. The summed E-state index contributed by atoms with van der Waals surface area (Å²) in [4.78, 5) is 11.2. The summed E-state index contributed by atoms with van der Waals surface area (Å²) in [5.74, 6) is 0.0586. The second kappa shape index (κ2) is 4.84. The topological polar surface area (TPSA) is 114 Å². The second-order valence-corrected chi connectivity index (χ2v) is 4.67. The van der Waals surface area contributed by atoms with E-state index in [9.17, 15) is 13.2 Å². The van der Waals surface area contributed by atoms with Gasteiger partial charge in [0.15, 0.2) is 5.82 Å². The number of amides is 1. The zero-order chi connectivity index (χ0) is 13.0. The average Bonchev–Trinajstić information content (AvgIpc) is 2.82. The lowest BCUT2D eigenvalue weighted by Crippen LogP contribution is -2.19. The van der Waals surface area contributed by atoms with E-state index in [2.05, 4.69) is 24.9 Å². The van der Waals surface area contributed by atoms with Crippen molar-refractivity contribution in [2.24, 2.45) is 0 Å². The molecule has 1 aromatic carbocycles. The number of carbonyl (C=O) groups is 1. The van der Waals surface area contributed by atoms with Crippen molar-refractivity contribution in [2.45, 2.75) is 4.90 Å². The summed E-state index contributed by atoms with van der Waals surface area (Å²) in [5, 5.41) is 11.2. The highest BCUT2D eigenvalue weighted by molar-refractivity contribution is 7.87. The van der Waals surface area contributed by atoms with E-state index in [-0.39, 0.29) is 10.7 Å². The highest BCUT2D eigenvalue weighted by Gasteiger charge is 2.20. The third-order valence-corrected chi connectivity index (χ3v) is 3.08. The number of nitrogens with zero attached hydrogens (tertiary/aromatic N) is 2. The first-order valence-corrected chi connectivity index (χ1v) is 6.16. The van der Waals surface area contributed by atoms with Crippen LogP contribution in [0.15, 0.2) is 41.4 Å². The summed E-state index contributed by atoms with van der Waals surface area (Å²) in [6.07, 6.45) is 0.115. The molecule has 94 valence electrons. The fraction of sp³-hybridized carbons (Fsp3) is 0. The Morgan fingerprint density at radius 2 is 2.00 bits per heavy atom. The van der Waals surface area contributed by atoms with Crippen LogP contribution in [0.2, 0.25) is 0 Å². The highest BCUT2D eigenvalue weighted by Crippen LogP contribution is 2.12. The summed E-state index contributed by atoms with van der Waals surface area (Å²) < 4.78 is 27.6. The minimum Gasteiger partial charge on any atom is -0.324 e. The molecule has 1 amide bonds. The standard InChI is InChI=1S/C9H8N4O4S/c14-9(11-8-6-10-13-12-8)17-18(15,16)7-4-2-1-3-5-7/h1-6H,(H2,10,11,12,13,14). The quantitative estimate of drug-likeness (QED) is 0.793. The Labute approximate surface area is 102 Å². The molecule has 1 heterocycles. The molecule has 0 spiro atoms. The van der Waals surface area contributed by atoms with E-state index in [4.69, 9.17) is 0 Å². The third kappa shape index (κ3) is 2.83. The van der Waals surface area contributed by atoms with Crippen molar-refractivity contribution in [3.8, 4) is 0 Å². The zero-order valence-corrected chi connectivity index (χ0v) is 9.72. The van der Waals surface area contributed by atoms with Crippen LogP contribution in [0.1, 0.15) is 0 Å². The third-order valence-electron chi connectivity index (χ3n) is 1.86. The van der Waals surface area contributed by atoms with E-state index in [1.807, 2.05) is 0 Å². The van der Waals surface area contributed by atoms with Gasteiger partial charge in [0.05, 0.1) is 6.20 Å². The number of carbonyl (C=O) groups excluding carboxylic acids is 1. The molecular weight excluding hydrogens is 260 g/mol. The van der Waals surface area contributed by atoms with Gasteiger partial charge in [0, 0.05) is 0 Å². The average molecular weight is 268 g/mol. The Hall–Kier alpha value is -2.42. The molecule has 0 atom stereocenters. The van der Waals surface area contributed by atoms with Gasteiger partial charge in [-0.05, 0) is 12.1 Å². The van der Waals surface area contributed by atoms with Crippen molar-refractivity contribution in [1.29, 1.82) is 0 Å². The summed E-state index contributed by atoms with van der Waals surface area (Å²) in [6, 6.07) is 7.32. The van der Waals surface area contributed by atoms with Crippen LogP contribution in [-0.2, 0) is 14.3 Å². The van der Waals surface area contributed by atoms with Crippen molar-refractivity contribution in [1.82, 2.24) is 15.4 Å². The number of aromatic amines is 1. The van der Waals surface area contributed by atoms with Gasteiger partial charge < -0.3 is 4.18 Å². The molecule has 0 fully saturated rings. The summed E-state index contributed by atoms with van der Waals surface area (Å²) in [5.41, 5.74) is 0. The molecule has 0 saturated carbocycles. The number of benzene rings is 1. The smallest absolute Gasteiger partial charge is 0.324 e. The maximum Gasteiger partial charge on any atom is 0.428 e. The molecule has 0 aliphatic rings. The van der Waals surface area contributed by atoms with Crippen molar-refractivity contribution < 1.29 is 17.4 Å². The van der Waals surface area contributed by atoms with Crippen molar-refractivity contribution in [2.75, 3.05) is 5.32 Å². The van der Waals surface area contributed by atoms with E-state index in [1.54, 1.807) is 6.07 Å². The van der Waals surface area contributed by atoms with Gasteiger partial charge in [-0.3, -0.25) is 10.4 Å². The fourth-order valence-corrected chi connectivity index (χ4v) is 1.95. The predicted octanol–water partition coefficient (Wildman–Crippen LogP) is 0.742. The van der Waals surface area contributed by atoms with Crippen LogP contribution in [-0.4, -0.2) is 29.9 Å². The molecule has 1 aromatic heterocycles. The molecule has 0 aliphatic carbocycles. The van der Waals surface area contributed by atoms with Crippen LogP contribution in [0.25, 0.3) is 0 Å². The molecule has 18 heavy (non-hydrogen) atoms. The van der Waals surface area contributed by atoms with Crippen molar-refractivity contribution >= 4 is 22.0 Å². The number of H-pyrrole nitrogens is 1. The van der Waals surface area contributed by atoms with E-state index < -0.39 is 16.2 Å². The molecule has 0 aliphatic heterocycles. The van der Waals surface area contributed by atoms with Crippen molar-refractivity contribution in [3.63, 3.8) is 0 Å². The van der Waals surface area contributed by atoms with Crippen LogP contribution >= 0.6 is 0 Å². The SMILES string of the molecule is O=C(Nc1c[nH]nn1)OS(=O)(=O)c1ccccc1. The van der Waals surface area contributed by atoms with Gasteiger partial charge in [-0.2, -0.15) is 8.42 Å². The lowest BCUT2D eigenvalue weighted by molar-refractivity contribution is 0.217. The number of rotatable bonds is 3. The van der Waals surface area contributed by atoms with Crippen molar-refractivity contribution in [3.05, 3.63) is 36.5 Å². The second-order valence-electron chi connectivity index (χ2n) is 3.12. The minimum atomic E-state index is -4.13. The number of nitrogens with one attached hydrogen (secondary N) is 2. The first-order chi connectivity index (χ1) is 8.58. The molecule has 0 saturated heterocycles. The summed E-state index contributed by atoms with van der Waals surface area (Å²) >= 11 is 0. The first kappa shape index (κ1) is 12.0. The molecule has 2 rings (SSSR count). The van der Waals surface area contributed by atoms with Gasteiger partial charge in [0.25, 0.3) is 0 Å².